The molecule has 11 heteroatoms. The lowest BCUT2D eigenvalue weighted by molar-refractivity contribution is -0.122. The zero-order valence-electron chi connectivity index (χ0n) is 19.6. The highest BCUT2D eigenvalue weighted by molar-refractivity contribution is 5.97. The molecule has 0 spiro atoms. The van der Waals surface area contributed by atoms with Crippen LogP contribution in [0.3, 0.4) is 0 Å². The van der Waals surface area contributed by atoms with Gasteiger partial charge < -0.3 is 15.4 Å². The number of nitrogens with one attached hydrogen (secondary N) is 1. The Kier molecular flexibility index (Phi) is 7.56. The average molecular weight is 480 g/mol. The van der Waals surface area contributed by atoms with E-state index in [1.165, 1.54) is 16.6 Å². The van der Waals surface area contributed by atoms with Crippen LogP contribution >= 0.6 is 0 Å². The van der Waals surface area contributed by atoms with Gasteiger partial charge in [-0.25, -0.2) is 9.78 Å². The number of hydrogen-bond donors (Lipinski definition) is 2. The molecule has 1 saturated heterocycles. The summed E-state index contributed by atoms with van der Waals surface area (Å²) in [6, 6.07) is 9.35. The molecular formula is C24H29N7O4. The van der Waals surface area contributed by atoms with E-state index >= 15 is 0 Å². The molecule has 0 aliphatic carbocycles. The molecule has 0 radical (unpaired) electrons. The second kappa shape index (κ2) is 11.0. The topological polar surface area (TPSA) is 139 Å². The van der Waals surface area contributed by atoms with Crippen molar-refractivity contribution in [2.75, 3.05) is 42.3 Å². The van der Waals surface area contributed by atoms with E-state index in [0.717, 1.165) is 18.5 Å². The summed E-state index contributed by atoms with van der Waals surface area (Å²) in [5.74, 6) is -0.00374. The van der Waals surface area contributed by atoms with E-state index in [0.29, 0.717) is 18.8 Å². The van der Waals surface area contributed by atoms with Crippen LogP contribution in [0.1, 0.15) is 18.4 Å². The summed E-state index contributed by atoms with van der Waals surface area (Å²) in [5, 5.41) is 0. The minimum absolute atomic E-state index is 0.0359. The second-order valence-corrected chi connectivity index (χ2v) is 8.40. The first-order valence-corrected chi connectivity index (χ1v) is 11.5. The monoisotopic (exact) mass is 479 g/mol. The number of nitrogen functional groups attached to an aromatic ring is 1. The van der Waals surface area contributed by atoms with Gasteiger partial charge >= 0.3 is 5.69 Å². The summed E-state index contributed by atoms with van der Waals surface area (Å²) in [6.45, 7) is 1.69. The number of H-pyrrole nitrogens is 1. The molecule has 3 aromatic rings. The molecule has 1 aliphatic heterocycles. The number of hydrogen-bond acceptors (Lipinski definition) is 8. The lowest BCUT2D eigenvalue weighted by Crippen LogP contribution is -2.47. The molecule has 3 N–H and O–H groups in total. The van der Waals surface area contributed by atoms with E-state index < -0.39 is 17.2 Å². The molecule has 3 heterocycles. The number of ether oxygens (including phenoxy) is 1. The summed E-state index contributed by atoms with van der Waals surface area (Å²) in [4.78, 5) is 53.6. The van der Waals surface area contributed by atoms with Gasteiger partial charge in [-0.2, -0.15) is 0 Å². The lowest BCUT2D eigenvalue weighted by atomic mass is 9.96. The molecule has 1 atom stereocenters. The number of methoxy groups -OCH3 is 1. The van der Waals surface area contributed by atoms with Crippen LogP contribution in [0.25, 0.3) is 0 Å². The molecule has 4 rings (SSSR count). The van der Waals surface area contributed by atoms with E-state index in [4.69, 9.17) is 10.5 Å². The number of rotatable bonds is 8. The Bertz CT molecular complexity index is 1260. The van der Waals surface area contributed by atoms with Gasteiger partial charge in [0.05, 0.1) is 31.8 Å². The SMILES string of the molecule is COCCn1c(N)c(N(Cc2ccccc2)C(=O)C2CCCN(c3cnccn3)C2)c(=O)[nH]c1=O. The summed E-state index contributed by atoms with van der Waals surface area (Å²) in [6.07, 6.45) is 6.33. The Morgan fingerprint density at radius 2 is 2.06 bits per heavy atom. The number of nitrogens with two attached hydrogens (primary N) is 1. The first-order chi connectivity index (χ1) is 17.0. The Hall–Kier alpha value is -3.99. The third kappa shape index (κ3) is 5.40. The number of piperidine rings is 1. The van der Waals surface area contributed by atoms with Gasteiger partial charge in [-0.3, -0.25) is 29.0 Å². The Morgan fingerprint density at radius 3 is 2.77 bits per heavy atom. The number of nitrogens with zero attached hydrogens (tertiary/aromatic N) is 5. The summed E-state index contributed by atoms with van der Waals surface area (Å²) in [7, 11) is 1.50. The molecule has 11 nitrogen and oxygen atoms in total. The lowest BCUT2D eigenvalue weighted by Gasteiger charge is -2.35. The number of amides is 1. The normalized spacial score (nSPS) is 15.7. The molecule has 0 bridgehead atoms. The Balaban J connectivity index is 1.72. The van der Waals surface area contributed by atoms with E-state index in [1.54, 1.807) is 18.6 Å². The van der Waals surface area contributed by atoms with Crippen molar-refractivity contribution in [2.24, 2.45) is 5.92 Å². The second-order valence-electron chi connectivity index (χ2n) is 8.40. The van der Waals surface area contributed by atoms with Crippen molar-refractivity contribution in [3.63, 3.8) is 0 Å². The number of aromatic amines is 1. The van der Waals surface area contributed by atoms with Crippen molar-refractivity contribution in [3.05, 3.63) is 75.3 Å². The van der Waals surface area contributed by atoms with E-state index in [2.05, 4.69) is 15.0 Å². The average Bonchev–Trinajstić information content (AvgIpc) is 2.88. The highest BCUT2D eigenvalue weighted by Gasteiger charge is 2.33. The third-order valence-corrected chi connectivity index (χ3v) is 6.10. The van der Waals surface area contributed by atoms with Crippen LogP contribution in [0.5, 0.6) is 0 Å². The van der Waals surface area contributed by atoms with E-state index in [-0.39, 0.29) is 37.1 Å². The molecule has 0 saturated carbocycles. The maximum Gasteiger partial charge on any atom is 0.330 e. The van der Waals surface area contributed by atoms with Crippen molar-refractivity contribution in [2.45, 2.75) is 25.9 Å². The van der Waals surface area contributed by atoms with Crippen molar-refractivity contribution >= 4 is 23.2 Å². The van der Waals surface area contributed by atoms with Gasteiger partial charge in [-0.1, -0.05) is 30.3 Å². The zero-order chi connectivity index (χ0) is 24.8. The van der Waals surface area contributed by atoms with Gasteiger partial charge in [0.1, 0.15) is 11.6 Å². The smallest absolute Gasteiger partial charge is 0.330 e. The van der Waals surface area contributed by atoms with Gasteiger partial charge in [0, 0.05) is 32.6 Å². The van der Waals surface area contributed by atoms with Crippen molar-refractivity contribution in [3.8, 4) is 0 Å². The van der Waals surface area contributed by atoms with Gasteiger partial charge in [0.25, 0.3) is 5.56 Å². The number of carbonyl (C=O) groups is 1. The fourth-order valence-corrected chi connectivity index (χ4v) is 4.34. The predicted molar refractivity (Wildman–Crippen MR) is 132 cm³/mol. The summed E-state index contributed by atoms with van der Waals surface area (Å²) >= 11 is 0. The third-order valence-electron chi connectivity index (χ3n) is 6.10. The molecule has 35 heavy (non-hydrogen) atoms. The van der Waals surface area contributed by atoms with Gasteiger partial charge in [-0.15, -0.1) is 0 Å². The predicted octanol–water partition coefficient (Wildman–Crippen LogP) is 1.01. The van der Waals surface area contributed by atoms with Crippen LogP contribution in [-0.2, 0) is 22.6 Å². The standard InChI is InChI=1S/C24H29N7O4/c1-35-13-12-30-21(25)20(22(32)28-24(30)34)31(15-17-6-3-2-4-7-17)23(33)18-8-5-11-29(16-18)19-14-26-9-10-27-19/h2-4,6-7,9-10,14,18H,5,8,11-13,15-16,25H2,1H3,(H,28,32,34). The molecule has 1 unspecified atom stereocenters. The van der Waals surface area contributed by atoms with Crippen molar-refractivity contribution in [1.82, 2.24) is 19.5 Å². The fraction of sp³-hybridized carbons (Fsp3) is 0.375. The maximum absolute atomic E-state index is 13.9. The molecule has 1 aliphatic rings. The summed E-state index contributed by atoms with van der Waals surface area (Å²) < 4.78 is 6.29. The molecule has 184 valence electrons. The van der Waals surface area contributed by atoms with Crippen LogP contribution in [0.4, 0.5) is 17.3 Å². The van der Waals surface area contributed by atoms with Crippen LogP contribution in [0, 0.1) is 5.92 Å². The fourth-order valence-electron chi connectivity index (χ4n) is 4.34. The van der Waals surface area contributed by atoms with E-state index in [9.17, 15) is 14.4 Å². The zero-order valence-corrected chi connectivity index (χ0v) is 19.6. The minimum atomic E-state index is -0.702. The van der Waals surface area contributed by atoms with Gasteiger partial charge in [0.15, 0.2) is 5.69 Å². The Morgan fingerprint density at radius 1 is 1.26 bits per heavy atom. The minimum Gasteiger partial charge on any atom is -0.383 e. The number of anilines is 3. The maximum atomic E-state index is 13.9. The Labute approximate surface area is 202 Å². The number of carbonyl (C=O) groups excluding carboxylic acids is 1. The quantitative estimate of drug-likeness (QED) is 0.488. The summed E-state index contributed by atoms with van der Waals surface area (Å²) in [5.41, 5.74) is 5.78. The van der Waals surface area contributed by atoms with E-state index in [1.807, 2.05) is 35.2 Å². The molecule has 1 fully saturated rings. The van der Waals surface area contributed by atoms with Crippen molar-refractivity contribution in [1.29, 1.82) is 0 Å². The molecular weight excluding hydrogens is 450 g/mol. The highest BCUT2D eigenvalue weighted by atomic mass is 16.5. The van der Waals surface area contributed by atoms with Gasteiger partial charge in [0.2, 0.25) is 5.91 Å². The van der Waals surface area contributed by atoms with Gasteiger partial charge in [-0.05, 0) is 18.4 Å². The van der Waals surface area contributed by atoms with Crippen LogP contribution in [0.15, 0.2) is 58.5 Å². The number of benzene rings is 1. The number of aromatic nitrogens is 4. The van der Waals surface area contributed by atoms with Crippen molar-refractivity contribution < 1.29 is 9.53 Å². The van der Waals surface area contributed by atoms with Crippen LogP contribution in [0.2, 0.25) is 0 Å². The molecule has 2 aromatic heterocycles. The highest BCUT2D eigenvalue weighted by Crippen LogP contribution is 2.27. The first-order valence-electron chi connectivity index (χ1n) is 11.5. The molecule has 1 amide bonds. The molecule has 1 aromatic carbocycles. The largest absolute Gasteiger partial charge is 0.383 e. The first kappa shape index (κ1) is 24.1. The van der Waals surface area contributed by atoms with Crippen LogP contribution in [-0.4, -0.2) is 52.2 Å². The van der Waals surface area contributed by atoms with Crippen LogP contribution < -0.4 is 26.8 Å².